The lowest BCUT2D eigenvalue weighted by atomic mass is 9.90. The Hall–Kier alpha value is -3.72. The van der Waals surface area contributed by atoms with Crippen molar-refractivity contribution in [1.82, 2.24) is 4.90 Å². The lowest BCUT2D eigenvalue weighted by Gasteiger charge is -2.38. The number of methoxy groups -OCH3 is 2. The van der Waals surface area contributed by atoms with Crippen LogP contribution in [0.15, 0.2) is 66.7 Å². The quantitative estimate of drug-likeness (QED) is 0.357. The molecule has 9 heteroatoms. The number of halogens is 3. The van der Waals surface area contributed by atoms with E-state index in [9.17, 15) is 23.1 Å². The van der Waals surface area contributed by atoms with Crippen molar-refractivity contribution in [1.29, 1.82) is 0 Å². The first-order valence-corrected chi connectivity index (χ1v) is 12.3. The largest absolute Gasteiger partial charge is 0.493 e. The van der Waals surface area contributed by atoms with Crippen molar-refractivity contribution in [3.8, 4) is 17.2 Å². The zero-order chi connectivity index (χ0) is 27.3. The fourth-order valence-electron chi connectivity index (χ4n) is 4.84. The van der Waals surface area contributed by atoms with Gasteiger partial charge in [-0.25, -0.2) is 0 Å². The maximum absolute atomic E-state index is 13.3. The molecule has 202 valence electrons. The highest BCUT2D eigenvalue weighted by atomic mass is 19.4. The van der Waals surface area contributed by atoms with Gasteiger partial charge in [0.25, 0.3) is 0 Å². The number of carboxylic acid groups (broad SMARTS) is 1. The Morgan fingerprint density at radius 1 is 1.00 bits per heavy atom. The van der Waals surface area contributed by atoms with Gasteiger partial charge >= 0.3 is 12.1 Å². The lowest BCUT2D eigenvalue weighted by Crippen LogP contribution is -2.41. The minimum absolute atomic E-state index is 0.262. The minimum Gasteiger partial charge on any atom is -0.493 e. The molecule has 3 aromatic rings. The summed E-state index contributed by atoms with van der Waals surface area (Å²) in [4.78, 5) is 13.8. The number of aliphatic carboxylic acids is 1. The molecule has 2 unspecified atom stereocenters. The number of carbonyl (C=O) groups is 1. The molecule has 38 heavy (non-hydrogen) atoms. The summed E-state index contributed by atoms with van der Waals surface area (Å²) in [6.45, 7) is 1.13. The molecule has 0 radical (unpaired) electrons. The topological polar surface area (TPSA) is 68.2 Å². The van der Waals surface area contributed by atoms with E-state index < -0.39 is 29.7 Å². The molecule has 1 aliphatic rings. The molecule has 0 spiro atoms. The minimum atomic E-state index is -4.46. The molecular formula is C29H30F3NO5. The number of benzene rings is 3. The van der Waals surface area contributed by atoms with Crippen molar-refractivity contribution < 1.29 is 37.3 Å². The first-order chi connectivity index (χ1) is 18.2. The van der Waals surface area contributed by atoms with Gasteiger partial charge in [0.1, 0.15) is 6.61 Å². The van der Waals surface area contributed by atoms with E-state index in [4.69, 9.17) is 14.2 Å². The maximum atomic E-state index is 13.3. The molecule has 3 aromatic carbocycles. The second kappa shape index (κ2) is 11.8. The third-order valence-corrected chi connectivity index (χ3v) is 6.75. The molecule has 1 N–H and O–H groups in total. The fraction of sp³-hybridized carbons (Fsp3) is 0.345. The average molecular weight is 530 g/mol. The number of rotatable bonds is 9. The SMILES string of the molecule is COc1cc(C(c2ccc(C(F)(F)F)cc2)N2CCCC(C(=O)O)C2)cc(OC)c1OCc1ccccc1. The summed E-state index contributed by atoms with van der Waals surface area (Å²) in [5.41, 5.74) is 1.50. The molecule has 0 bridgehead atoms. The van der Waals surface area contributed by atoms with E-state index >= 15 is 0 Å². The Bertz CT molecular complexity index is 1210. The van der Waals surface area contributed by atoms with E-state index in [0.717, 1.165) is 17.7 Å². The molecule has 6 nitrogen and oxygen atoms in total. The smallest absolute Gasteiger partial charge is 0.416 e. The summed E-state index contributed by atoms with van der Waals surface area (Å²) in [5, 5.41) is 9.65. The van der Waals surface area contributed by atoms with Crippen LogP contribution in [0.2, 0.25) is 0 Å². The molecule has 0 aliphatic carbocycles. The van der Waals surface area contributed by atoms with Crippen molar-refractivity contribution in [2.75, 3.05) is 27.3 Å². The van der Waals surface area contributed by atoms with Crippen molar-refractivity contribution in [2.24, 2.45) is 5.92 Å². The third kappa shape index (κ3) is 6.22. The van der Waals surface area contributed by atoms with Crippen LogP contribution in [0.4, 0.5) is 13.2 Å². The Labute approximate surface area is 219 Å². The Morgan fingerprint density at radius 3 is 2.18 bits per heavy atom. The molecule has 4 rings (SSSR count). The fourth-order valence-corrected chi connectivity index (χ4v) is 4.84. The van der Waals surface area contributed by atoms with Crippen LogP contribution >= 0.6 is 0 Å². The number of nitrogens with zero attached hydrogens (tertiary/aromatic N) is 1. The van der Waals surface area contributed by atoms with E-state index in [2.05, 4.69) is 0 Å². The van der Waals surface area contributed by atoms with Crippen LogP contribution < -0.4 is 14.2 Å². The zero-order valence-corrected chi connectivity index (χ0v) is 21.2. The van der Waals surface area contributed by atoms with Crippen LogP contribution in [0.5, 0.6) is 17.2 Å². The van der Waals surface area contributed by atoms with Gasteiger partial charge in [0, 0.05) is 6.54 Å². The summed E-state index contributed by atoms with van der Waals surface area (Å²) < 4.78 is 57.1. The van der Waals surface area contributed by atoms with Gasteiger partial charge in [-0.05, 0) is 60.3 Å². The van der Waals surface area contributed by atoms with Crippen molar-refractivity contribution in [3.05, 3.63) is 89.0 Å². The van der Waals surface area contributed by atoms with Gasteiger partial charge < -0.3 is 19.3 Å². The van der Waals surface area contributed by atoms with E-state index in [1.165, 1.54) is 26.4 Å². The number of carboxylic acids is 1. The predicted octanol–water partition coefficient (Wildman–Crippen LogP) is 6.19. The van der Waals surface area contributed by atoms with Crippen molar-refractivity contribution >= 4 is 5.97 Å². The van der Waals surface area contributed by atoms with Crippen LogP contribution in [0.3, 0.4) is 0 Å². The number of ether oxygens (including phenoxy) is 3. The van der Waals surface area contributed by atoms with Crippen molar-refractivity contribution in [2.45, 2.75) is 31.7 Å². The second-order valence-corrected chi connectivity index (χ2v) is 9.22. The number of hydrogen-bond donors (Lipinski definition) is 1. The van der Waals surface area contributed by atoms with Crippen LogP contribution in [0.25, 0.3) is 0 Å². The van der Waals surface area contributed by atoms with Gasteiger partial charge in [-0.15, -0.1) is 0 Å². The Balaban J connectivity index is 1.75. The number of piperidine rings is 1. The molecule has 0 aromatic heterocycles. The van der Waals surface area contributed by atoms with Crippen LogP contribution in [-0.4, -0.2) is 43.3 Å². The highest BCUT2D eigenvalue weighted by Gasteiger charge is 2.34. The van der Waals surface area contributed by atoms with E-state index in [-0.39, 0.29) is 13.2 Å². The summed E-state index contributed by atoms with van der Waals surface area (Å²) in [6, 6.07) is 17.6. The zero-order valence-electron chi connectivity index (χ0n) is 21.2. The molecule has 0 saturated carbocycles. The molecule has 1 fully saturated rings. The summed E-state index contributed by atoms with van der Waals surface area (Å²) in [7, 11) is 3.00. The number of alkyl halides is 3. The van der Waals surface area contributed by atoms with Gasteiger partial charge in [0.15, 0.2) is 11.5 Å². The van der Waals surface area contributed by atoms with Crippen LogP contribution in [0, 0.1) is 5.92 Å². The standard InChI is InChI=1S/C29H30F3NO5/c1-36-24-15-22(16-25(37-2)27(24)38-18-19-7-4-3-5-8-19)26(33-14-6-9-21(17-33)28(34)35)20-10-12-23(13-11-20)29(30,31)32/h3-5,7-8,10-13,15-16,21,26H,6,9,14,17-18H2,1-2H3,(H,34,35). The molecule has 2 atom stereocenters. The number of hydrogen-bond acceptors (Lipinski definition) is 5. The highest BCUT2D eigenvalue weighted by Crippen LogP contribution is 2.44. The van der Waals surface area contributed by atoms with Crippen LogP contribution in [-0.2, 0) is 17.6 Å². The Kier molecular flexibility index (Phi) is 8.46. The van der Waals surface area contributed by atoms with Gasteiger partial charge in [-0.1, -0.05) is 42.5 Å². The van der Waals surface area contributed by atoms with Gasteiger partial charge in [-0.3, -0.25) is 9.69 Å². The van der Waals surface area contributed by atoms with E-state index in [1.54, 1.807) is 12.1 Å². The first kappa shape index (κ1) is 27.3. The average Bonchev–Trinajstić information content (AvgIpc) is 2.92. The molecular weight excluding hydrogens is 499 g/mol. The monoisotopic (exact) mass is 529 g/mol. The van der Waals surface area contributed by atoms with Gasteiger partial charge in [0.2, 0.25) is 5.75 Å². The summed E-state index contributed by atoms with van der Waals surface area (Å²) in [5.74, 6) is -0.257. The summed E-state index contributed by atoms with van der Waals surface area (Å²) in [6.07, 6.45) is -3.26. The number of likely N-dealkylation sites (tertiary alicyclic amines) is 1. The third-order valence-electron chi connectivity index (χ3n) is 6.75. The lowest BCUT2D eigenvalue weighted by molar-refractivity contribution is -0.144. The second-order valence-electron chi connectivity index (χ2n) is 9.22. The predicted molar refractivity (Wildman–Crippen MR) is 136 cm³/mol. The highest BCUT2D eigenvalue weighted by molar-refractivity contribution is 5.70. The molecule has 1 heterocycles. The molecule has 0 amide bonds. The molecule has 1 aliphatic heterocycles. The Morgan fingerprint density at radius 2 is 1.63 bits per heavy atom. The maximum Gasteiger partial charge on any atom is 0.416 e. The molecule has 1 saturated heterocycles. The first-order valence-electron chi connectivity index (χ1n) is 12.3. The van der Waals surface area contributed by atoms with E-state index in [1.807, 2.05) is 35.2 Å². The summed E-state index contributed by atoms with van der Waals surface area (Å²) >= 11 is 0. The van der Waals surface area contributed by atoms with Gasteiger partial charge in [0.05, 0.1) is 31.7 Å². The van der Waals surface area contributed by atoms with Gasteiger partial charge in [-0.2, -0.15) is 13.2 Å². The van der Waals surface area contributed by atoms with Crippen molar-refractivity contribution in [3.63, 3.8) is 0 Å². The van der Waals surface area contributed by atoms with Crippen LogP contribution in [0.1, 0.15) is 41.1 Å². The normalized spacial score (nSPS) is 17.0. The van der Waals surface area contributed by atoms with E-state index in [0.29, 0.717) is 47.8 Å².